The van der Waals surface area contributed by atoms with E-state index >= 15 is 0 Å². The molecule has 2 rings (SSSR count). The van der Waals surface area contributed by atoms with Gasteiger partial charge in [0.05, 0.1) is 0 Å². The number of nitrogens with one attached hydrogen (secondary N) is 1. The molecule has 0 aromatic heterocycles. The Kier molecular flexibility index (Phi) is 4.80. The summed E-state index contributed by atoms with van der Waals surface area (Å²) in [7, 11) is 0. The lowest BCUT2D eigenvalue weighted by Gasteiger charge is -2.40. The lowest BCUT2D eigenvalue weighted by Crippen LogP contribution is -2.61. The number of benzene rings is 1. The molecule has 1 aliphatic heterocycles. The number of anilines is 1. The molecule has 1 N–H and O–H groups in total. The normalized spacial score (nSPS) is 19.3. The van der Waals surface area contributed by atoms with E-state index in [9.17, 15) is 9.59 Å². The van der Waals surface area contributed by atoms with Crippen molar-refractivity contribution < 1.29 is 9.59 Å². The van der Waals surface area contributed by atoms with Crippen LogP contribution in [-0.4, -0.2) is 41.5 Å². The van der Waals surface area contributed by atoms with Crippen molar-refractivity contribution in [1.82, 2.24) is 10.2 Å². The smallest absolute Gasteiger partial charge is 0.318 e. The van der Waals surface area contributed by atoms with Gasteiger partial charge in [0.25, 0.3) is 0 Å². The minimum absolute atomic E-state index is 0.0617. The van der Waals surface area contributed by atoms with Gasteiger partial charge in [-0.2, -0.15) is 0 Å². The fraction of sp³-hybridized carbons (Fsp3) is 0.500. The highest BCUT2D eigenvalue weighted by atomic mass is 79.9. The minimum Gasteiger partial charge on any atom is -0.333 e. The van der Waals surface area contributed by atoms with Crippen molar-refractivity contribution in [3.63, 3.8) is 0 Å². The molecule has 1 saturated heterocycles. The van der Waals surface area contributed by atoms with Crippen LogP contribution in [0, 0.1) is 0 Å². The van der Waals surface area contributed by atoms with Gasteiger partial charge in [-0.1, -0.05) is 22.0 Å². The molecule has 0 unspecified atom stereocenters. The van der Waals surface area contributed by atoms with Crippen LogP contribution in [-0.2, 0) is 4.79 Å². The Morgan fingerprint density at radius 1 is 1.32 bits per heavy atom. The topological polar surface area (TPSA) is 52.7 Å². The van der Waals surface area contributed by atoms with Crippen molar-refractivity contribution in [2.45, 2.75) is 39.3 Å². The number of hydrogen-bond acceptors (Lipinski definition) is 2. The molecule has 120 valence electrons. The Hall–Kier alpha value is -1.56. The third-order valence-corrected chi connectivity index (χ3v) is 4.01. The number of urea groups is 1. The van der Waals surface area contributed by atoms with Gasteiger partial charge in [-0.05, 0) is 45.9 Å². The monoisotopic (exact) mass is 367 g/mol. The van der Waals surface area contributed by atoms with Gasteiger partial charge in [0.2, 0.25) is 5.91 Å². The molecule has 0 bridgehead atoms. The molecule has 0 aliphatic carbocycles. The summed E-state index contributed by atoms with van der Waals surface area (Å²) in [4.78, 5) is 28.2. The Bertz CT molecular complexity index is 583. The summed E-state index contributed by atoms with van der Waals surface area (Å²) in [6, 6.07) is 6.97. The van der Waals surface area contributed by atoms with E-state index in [1.807, 2.05) is 45.0 Å². The van der Waals surface area contributed by atoms with Gasteiger partial charge in [0.15, 0.2) is 0 Å². The molecule has 0 spiro atoms. The number of carbonyl (C=O) groups excluding carboxylic acids is 2. The van der Waals surface area contributed by atoms with E-state index in [4.69, 9.17) is 0 Å². The Morgan fingerprint density at radius 2 is 2.00 bits per heavy atom. The molecular weight excluding hydrogens is 346 g/mol. The van der Waals surface area contributed by atoms with E-state index < -0.39 is 6.04 Å². The molecular formula is C16H22BrN3O2. The predicted octanol–water partition coefficient (Wildman–Crippen LogP) is 2.99. The molecule has 6 heteroatoms. The second-order valence-electron chi connectivity index (χ2n) is 6.52. The maximum absolute atomic E-state index is 12.6. The average Bonchev–Trinajstić information content (AvgIpc) is 2.39. The quantitative estimate of drug-likeness (QED) is 0.829. The molecule has 22 heavy (non-hydrogen) atoms. The van der Waals surface area contributed by atoms with Gasteiger partial charge < -0.3 is 15.1 Å². The summed E-state index contributed by atoms with van der Waals surface area (Å²) < 4.78 is 0.929. The largest absolute Gasteiger partial charge is 0.333 e. The third-order valence-electron chi connectivity index (χ3n) is 3.52. The predicted molar refractivity (Wildman–Crippen MR) is 90.9 cm³/mol. The van der Waals surface area contributed by atoms with Crippen LogP contribution >= 0.6 is 15.9 Å². The second kappa shape index (κ2) is 6.28. The fourth-order valence-electron chi connectivity index (χ4n) is 2.44. The minimum atomic E-state index is -0.477. The first kappa shape index (κ1) is 16.8. The molecule has 1 heterocycles. The standard InChI is InChI=1S/C16H22BrN3O2/c1-11-14(21)20(13-7-5-6-12(17)10-13)9-8-19(11)15(22)18-16(2,3)4/h5-7,10-11H,8-9H2,1-4H3,(H,18,22)/t11-/m1/s1. The number of amides is 3. The number of nitrogens with zero attached hydrogens (tertiary/aromatic N) is 2. The van der Waals surface area contributed by atoms with Crippen molar-refractivity contribution in [2.75, 3.05) is 18.0 Å². The average molecular weight is 368 g/mol. The molecule has 5 nitrogen and oxygen atoms in total. The van der Waals surface area contributed by atoms with Gasteiger partial charge in [-0.25, -0.2) is 4.79 Å². The van der Waals surface area contributed by atoms with Gasteiger partial charge in [0, 0.05) is 28.8 Å². The number of hydrogen-bond donors (Lipinski definition) is 1. The van der Waals surface area contributed by atoms with Crippen LogP contribution in [0.5, 0.6) is 0 Å². The molecule has 1 aliphatic rings. The first-order chi connectivity index (χ1) is 10.2. The summed E-state index contributed by atoms with van der Waals surface area (Å²) in [6.07, 6.45) is 0. The van der Waals surface area contributed by atoms with Crippen molar-refractivity contribution in [2.24, 2.45) is 0 Å². The highest BCUT2D eigenvalue weighted by Crippen LogP contribution is 2.24. The Morgan fingerprint density at radius 3 is 2.59 bits per heavy atom. The molecule has 1 fully saturated rings. The first-order valence-corrected chi connectivity index (χ1v) is 8.14. The van der Waals surface area contributed by atoms with Crippen LogP contribution in [0.3, 0.4) is 0 Å². The van der Waals surface area contributed by atoms with E-state index in [0.29, 0.717) is 13.1 Å². The van der Waals surface area contributed by atoms with Crippen LogP contribution < -0.4 is 10.2 Å². The van der Waals surface area contributed by atoms with Crippen molar-refractivity contribution in [3.05, 3.63) is 28.7 Å². The summed E-state index contributed by atoms with van der Waals surface area (Å²) in [6.45, 7) is 8.56. The maximum atomic E-state index is 12.6. The van der Waals surface area contributed by atoms with Gasteiger partial charge in [0.1, 0.15) is 6.04 Å². The van der Waals surface area contributed by atoms with E-state index in [1.165, 1.54) is 0 Å². The summed E-state index contributed by atoms with van der Waals surface area (Å²) >= 11 is 3.42. The number of piperazine rings is 1. The molecule has 1 aromatic rings. The van der Waals surface area contributed by atoms with Crippen LogP contribution in [0.1, 0.15) is 27.7 Å². The zero-order valence-corrected chi connectivity index (χ0v) is 15.0. The lowest BCUT2D eigenvalue weighted by molar-refractivity contribution is -0.124. The van der Waals surface area contributed by atoms with Crippen LogP contribution in [0.2, 0.25) is 0 Å². The highest BCUT2D eigenvalue weighted by Gasteiger charge is 2.35. The van der Waals surface area contributed by atoms with Gasteiger partial charge >= 0.3 is 6.03 Å². The van der Waals surface area contributed by atoms with Crippen LogP contribution in [0.4, 0.5) is 10.5 Å². The maximum Gasteiger partial charge on any atom is 0.318 e. The van der Waals surface area contributed by atoms with E-state index in [1.54, 1.807) is 16.7 Å². The van der Waals surface area contributed by atoms with Gasteiger partial charge in [-0.15, -0.1) is 0 Å². The van der Waals surface area contributed by atoms with Crippen molar-refractivity contribution in [3.8, 4) is 0 Å². The molecule has 0 radical (unpaired) electrons. The second-order valence-corrected chi connectivity index (χ2v) is 7.43. The highest BCUT2D eigenvalue weighted by molar-refractivity contribution is 9.10. The first-order valence-electron chi connectivity index (χ1n) is 7.35. The summed E-state index contributed by atoms with van der Waals surface area (Å²) in [5.41, 5.74) is 0.531. The van der Waals surface area contributed by atoms with Crippen LogP contribution in [0.25, 0.3) is 0 Å². The molecule has 1 atom stereocenters. The fourth-order valence-corrected chi connectivity index (χ4v) is 2.83. The number of carbonyl (C=O) groups is 2. The molecule has 1 aromatic carbocycles. The third kappa shape index (κ3) is 3.80. The van der Waals surface area contributed by atoms with E-state index in [0.717, 1.165) is 10.2 Å². The molecule has 3 amide bonds. The van der Waals surface area contributed by atoms with Crippen LogP contribution in [0.15, 0.2) is 28.7 Å². The zero-order chi connectivity index (χ0) is 16.5. The zero-order valence-electron chi connectivity index (χ0n) is 13.4. The van der Waals surface area contributed by atoms with Gasteiger partial charge in [-0.3, -0.25) is 4.79 Å². The Balaban J connectivity index is 2.13. The van der Waals surface area contributed by atoms with E-state index in [-0.39, 0.29) is 17.5 Å². The summed E-state index contributed by atoms with van der Waals surface area (Å²) in [5, 5.41) is 2.91. The summed E-state index contributed by atoms with van der Waals surface area (Å²) in [5.74, 6) is -0.0617. The molecule has 0 saturated carbocycles. The number of rotatable bonds is 1. The van der Waals surface area contributed by atoms with Crippen molar-refractivity contribution >= 4 is 33.6 Å². The van der Waals surface area contributed by atoms with Crippen molar-refractivity contribution in [1.29, 1.82) is 0 Å². The number of halogens is 1. The Labute approximate surface area is 139 Å². The SMILES string of the molecule is C[C@@H]1C(=O)N(c2cccc(Br)c2)CCN1C(=O)NC(C)(C)C. The van der Waals surface area contributed by atoms with E-state index in [2.05, 4.69) is 21.2 Å². The lowest BCUT2D eigenvalue weighted by atomic mass is 10.1.